The highest BCUT2D eigenvalue weighted by molar-refractivity contribution is 5.86. The Morgan fingerprint density at radius 1 is 1.03 bits per heavy atom. The van der Waals surface area contributed by atoms with E-state index >= 15 is 0 Å². The van der Waals surface area contributed by atoms with Crippen LogP contribution in [0.25, 0.3) is 11.1 Å². The van der Waals surface area contributed by atoms with Crippen molar-refractivity contribution in [2.45, 2.75) is 52.0 Å². The van der Waals surface area contributed by atoms with Gasteiger partial charge in [-0.25, -0.2) is 4.79 Å². The maximum atomic E-state index is 13.2. The molecule has 1 fully saturated rings. The predicted molar refractivity (Wildman–Crippen MR) is 133 cm³/mol. The van der Waals surface area contributed by atoms with E-state index in [-0.39, 0.29) is 24.3 Å². The zero-order chi connectivity index (χ0) is 25.2. The molecule has 2 aromatic carbocycles. The van der Waals surface area contributed by atoms with E-state index in [1.165, 1.54) is 0 Å². The fraction of sp³-hybridized carbons (Fsp3) is 0.464. The Morgan fingerprint density at radius 3 is 2.06 bits per heavy atom. The Morgan fingerprint density at radius 2 is 1.57 bits per heavy atom. The van der Waals surface area contributed by atoms with Crippen LogP contribution in [0.15, 0.2) is 48.5 Å². The molecule has 1 unspecified atom stereocenters. The minimum absolute atomic E-state index is 0.0540. The number of rotatable bonds is 7. The fourth-order valence-corrected chi connectivity index (χ4v) is 5.35. The normalized spacial score (nSPS) is 17.4. The second-order valence-corrected chi connectivity index (χ2v) is 9.96. The van der Waals surface area contributed by atoms with Crippen molar-refractivity contribution in [1.29, 1.82) is 0 Å². The largest absolute Gasteiger partial charge is 0.481 e. The Bertz CT molecular complexity index is 1060. The molecular formula is C28H34N2O5. The van der Waals surface area contributed by atoms with Crippen molar-refractivity contribution in [1.82, 2.24) is 10.2 Å². The topological polar surface area (TPSA) is 95.9 Å². The zero-order valence-electron chi connectivity index (χ0n) is 20.6. The minimum Gasteiger partial charge on any atom is -0.481 e. The first-order valence-corrected chi connectivity index (χ1v) is 12.4. The molecule has 0 saturated carbocycles. The standard InChI is InChI=1S/C28H34N2O5/c1-4-28(26(32)33)13-15-30(16-14-28)25(31)24(18(2)3)29-27(34)35-17-23-21-11-7-5-9-19(21)20-10-6-8-12-22(20)23/h5-12,18,23-24H,4,13-17H2,1-3H3,(H,29,34)(H,32,33). The SMILES string of the molecule is CCC1(C(=O)O)CCN(C(=O)C(NC(=O)OCC2c3ccccc3-c3ccccc32)C(C)C)CC1. The van der Waals surface area contributed by atoms with Crippen LogP contribution in [-0.2, 0) is 14.3 Å². The number of piperidine rings is 1. The summed E-state index contributed by atoms with van der Waals surface area (Å²) in [5.74, 6) is -1.19. The van der Waals surface area contributed by atoms with Gasteiger partial charge < -0.3 is 20.1 Å². The number of amides is 2. The summed E-state index contributed by atoms with van der Waals surface area (Å²) in [6.45, 7) is 6.55. The maximum absolute atomic E-state index is 13.2. The van der Waals surface area contributed by atoms with Crippen LogP contribution in [0.4, 0.5) is 4.79 Å². The second-order valence-electron chi connectivity index (χ2n) is 9.96. The van der Waals surface area contributed by atoms with Gasteiger partial charge in [0.15, 0.2) is 0 Å². The number of hydrogen-bond acceptors (Lipinski definition) is 4. The highest BCUT2D eigenvalue weighted by Crippen LogP contribution is 2.44. The van der Waals surface area contributed by atoms with Crippen LogP contribution in [0.2, 0.25) is 0 Å². The number of carbonyl (C=O) groups is 3. The molecule has 0 aromatic heterocycles. The van der Waals surface area contributed by atoms with Crippen LogP contribution in [0, 0.1) is 11.3 Å². The number of carbonyl (C=O) groups excluding carboxylic acids is 2. The molecule has 1 aliphatic carbocycles. The number of ether oxygens (including phenoxy) is 1. The molecule has 186 valence electrons. The van der Waals surface area contributed by atoms with Crippen LogP contribution in [-0.4, -0.2) is 53.7 Å². The van der Waals surface area contributed by atoms with Crippen LogP contribution in [0.5, 0.6) is 0 Å². The van der Waals surface area contributed by atoms with Crippen LogP contribution in [0.3, 0.4) is 0 Å². The summed E-state index contributed by atoms with van der Waals surface area (Å²) in [4.78, 5) is 39.4. The molecule has 2 amide bonds. The van der Waals surface area contributed by atoms with Gasteiger partial charge in [-0.1, -0.05) is 69.3 Å². The molecule has 7 nitrogen and oxygen atoms in total. The second kappa shape index (κ2) is 10.1. The van der Waals surface area contributed by atoms with E-state index in [1.54, 1.807) is 4.90 Å². The Hall–Kier alpha value is -3.35. The summed E-state index contributed by atoms with van der Waals surface area (Å²) >= 11 is 0. The molecule has 1 heterocycles. The Labute approximate surface area is 206 Å². The fourth-order valence-electron chi connectivity index (χ4n) is 5.35. The molecule has 0 radical (unpaired) electrons. The molecular weight excluding hydrogens is 444 g/mol. The van der Waals surface area contributed by atoms with Crippen molar-refractivity contribution in [2.75, 3.05) is 19.7 Å². The molecule has 7 heteroatoms. The number of carboxylic acid groups (broad SMARTS) is 1. The molecule has 35 heavy (non-hydrogen) atoms. The molecule has 1 aliphatic heterocycles. The van der Waals surface area contributed by atoms with Crippen LogP contribution >= 0.6 is 0 Å². The molecule has 1 saturated heterocycles. The lowest BCUT2D eigenvalue weighted by molar-refractivity contribution is -0.155. The average Bonchev–Trinajstić information content (AvgIpc) is 3.19. The maximum Gasteiger partial charge on any atom is 0.407 e. The quantitative estimate of drug-likeness (QED) is 0.604. The van der Waals surface area contributed by atoms with Gasteiger partial charge in [0.1, 0.15) is 12.6 Å². The summed E-state index contributed by atoms with van der Waals surface area (Å²) in [6.07, 6.45) is 0.751. The number of aliphatic carboxylic acids is 1. The van der Waals surface area contributed by atoms with E-state index in [4.69, 9.17) is 4.74 Å². The van der Waals surface area contributed by atoms with Gasteiger partial charge in [0.25, 0.3) is 0 Å². The van der Waals surface area contributed by atoms with Gasteiger partial charge in [-0.05, 0) is 47.4 Å². The molecule has 2 aliphatic rings. The van der Waals surface area contributed by atoms with Crippen LogP contribution < -0.4 is 5.32 Å². The van der Waals surface area contributed by atoms with E-state index in [0.29, 0.717) is 32.4 Å². The highest BCUT2D eigenvalue weighted by atomic mass is 16.5. The molecule has 0 bridgehead atoms. The molecule has 4 rings (SSSR count). The van der Waals surface area contributed by atoms with Gasteiger partial charge in [0, 0.05) is 19.0 Å². The van der Waals surface area contributed by atoms with Crippen molar-refractivity contribution in [3.05, 3.63) is 59.7 Å². The van der Waals surface area contributed by atoms with Crippen molar-refractivity contribution in [3.63, 3.8) is 0 Å². The lowest BCUT2D eigenvalue weighted by atomic mass is 9.76. The number of alkyl carbamates (subject to hydrolysis) is 1. The van der Waals surface area contributed by atoms with E-state index in [9.17, 15) is 19.5 Å². The predicted octanol–water partition coefficient (Wildman–Crippen LogP) is 4.65. The van der Waals surface area contributed by atoms with Gasteiger partial charge in [0.2, 0.25) is 5.91 Å². The Balaban J connectivity index is 1.39. The first kappa shape index (κ1) is 24.8. The van der Waals surface area contributed by atoms with Crippen LogP contribution in [0.1, 0.15) is 57.1 Å². The molecule has 2 N–H and O–H groups in total. The highest BCUT2D eigenvalue weighted by Gasteiger charge is 2.42. The summed E-state index contributed by atoms with van der Waals surface area (Å²) in [6, 6.07) is 15.5. The summed E-state index contributed by atoms with van der Waals surface area (Å²) < 4.78 is 5.64. The number of likely N-dealkylation sites (tertiary alicyclic amines) is 1. The zero-order valence-corrected chi connectivity index (χ0v) is 20.6. The third kappa shape index (κ3) is 4.77. The first-order valence-electron chi connectivity index (χ1n) is 12.4. The number of nitrogens with one attached hydrogen (secondary N) is 1. The number of hydrogen-bond donors (Lipinski definition) is 2. The van der Waals surface area contributed by atoms with Crippen molar-refractivity contribution in [3.8, 4) is 11.1 Å². The van der Waals surface area contributed by atoms with Gasteiger partial charge >= 0.3 is 12.1 Å². The van der Waals surface area contributed by atoms with Gasteiger partial charge in [-0.15, -0.1) is 0 Å². The van der Waals surface area contributed by atoms with Crippen molar-refractivity contribution >= 4 is 18.0 Å². The lowest BCUT2D eigenvalue weighted by Gasteiger charge is -2.40. The smallest absolute Gasteiger partial charge is 0.407 e. The van der Waals surface area contributed by atoms with Gasteiger partial charge in [-0.3, -0.25) is 9.59 Å². The average molecular weight is 479 g/mol. The molecule has 2 aromatic rings. The number of benzene rings is 2. The van der Waals surface area contributed by atoms with E-state index in [2.05, 4.69) is 29.6 Å². The molecule has 1 atom stereocenters. The first-order chi connectivity index (χ1) is 16.8. The van der Waals surface area contributed by atoms with E-state index in [0.717, 1.165) is 22.3 Å². The minimum atomic E-state index is -0.802. The summed E-state index contributed by atoms with van der Waals surface area (Å²) in [5, 5.41) is 12.4. The monoisotopic (exact) mass is 478 g/mol. The lowest BCUT2D eigenvalue weighted by Crippen LogP contribution is -2.55. The number of nitrogens with zero attached hydrogens (tertiary/aromatic N) is 1. The van der Waals surface area contributed by atoms with Crippen molar-refractivity contribution < 1.29 is 24.2 Å². The van der Waals surface area contributed by atoms with Gasteiger partial charge in [0.05, 0.1) is 5.41 Å². The van der Waals surface area contributed by atoms with E-state index in [1.807, 2.05) is 45.0 Å². The summed E-state index contributed by atoms with van der Waals surface area (Å²) in [5.41, 5.74) is 3.79. The van der Waals surface area contributed by atoms with Crippen molar-refractivity contribution in [2.24, 2.45) is 11.3 Å². The Kier molecular flexibility index (Phi) is 7.15. The summed E-state index contributed by atoms with van der Waals surface area (Å²) in [7, 11) is 0. The van der Waals surface area contributed by atoms with Gasteiger partial charge in [-0.2, -0.15) is 0 Å². The number of carboxylic acids is 1. The third-order valence-electron chi connectivity index (χ3n) is 7.71. The third-order valence-corrected chi connectivity index (χ3v) is 7.71. The van der Waals surface area contributed by atoms with E-state index < -0.39 is 23.5 Å². The molecule has 0 spiro atoms. The number of fused-ring (bicyclic) bond motifs is 3.